The zero-order chi connectivity index (χ0) is 10.0. The molecule has 1 aromatic rings. The highest BCUT2D eigenvalue weighted by molar-refractivity contribution is 6.69. The lowest BCUT2D eigenvalue weighted by Gasteiger charge is -1.99. The SMILES string of the molecule is O/N=C(\Cl)c1cc(F)c(F)c(F)c1. The summed E-state index contributed by atoms with van der Waals surface area (Å²) >= 11 is 5.23. The van der Waals surface area contributed by atoms with Crippen molar-refractivity contribution in [2.45, 2.75) is 0 Å². The minimum atomic E-state index is -1.59. The Morgan fingerprint density at radius 2 is 1.69 bits per heavy atom. The molecule has 0 spiro atoms. The molecule has 1 N–H and O–H groups in total. The van der Waals surface area contributed by atoms with Crippen LogP contribution in [0.15, 0.2) is 17.3 Å². The van der Waals surface area contributed by atoms with Crippen LogP contribution < -0.4 is 0 Å². The number of hydrogen-bond donors (Lipinski definition) is 1. The Bertz CT molecular complexity index is 344. The Morgan fingerprint density at radius 3 is 2.08 bits per heavy atom. The maximum absolute atomic E-state index is 12.5. The van der Waals surface area contributed by atoms with Crippen LogP contribution in [0.5, 0.6) is 0 Å². The molecule has 0 bridgehead atoms. The van der Waals surface area contributed by atoms with Gasteiger partial charge in [-0.15, -0.1) is 0 Å². The molecule has 0 atom stereocenters. The highest BCUT2D eigenvalue weighted by atomic mass is 35.5. The van der Waals surface area contributed by atoms with Gasteiger partial charge in [-0.2, -0.15) is 0 Å². The molecule has 0 radical (unpaired) electrons. The second-order valence-electron chi connectivity index (χ2n) is 2.14. The molecular formula is C7H3ClF3NO. The highest BCUT2D eigenvalue weighted by Crippen LogP contribution is 2.15. The van der Waals surface area contributed by atoms with Crippen LogP contribution in [0, 0.1) is 17.5 Å². The van der Waals surface area contributed by atoms with Crippen molar-refractivity contribution in [2.75, 3.05) is 0 Å². The average Bonchev–Trinajstić information content (AvgIpc) is 2.12. The molecule has 0 aliphatic rings. The topological polar surface area (TPSA) is 32.6 Å². The van der Waals surface area contributed by atoms with Gasteiger partial charge in [-0.05, 0) is 12.1 Å². The fraction of sp³-hybridized carbons (Fsp3) is 0. The molecule has 0 saturated heterocycles. The summed E-state index contributed by atoms with van der Waals surface area (Å²) in [6.07, 6.45) is 0. The Hall–Kier alpha value is -1.23. The van der Waals surface area contributed by atoms with E-state index in [0.29, 0.717) is 12.1 Å². The van der Waals surface area contributed by atoms with Crippen LogP contribution in [-0.4, -0.2) is 10.4 Å². The Balaban J connectivity index is 3.29. The van der Waals surface area contributed by atoms with Gasteiger partial charge in [0.05, 0.1) is 0 Å². The number of nitrogens with zero attached hydrogens (tertiary/aromatic N) is 1. The molecule has 0 aliphatic heterocycles. The highest BCUT2D eigenvalue weighted by Gasteiger charge is 2.12. The van der Waals surface area contributed by atoms with Crippen molar-refractivity contribution in [3.05, 3.63) is 35.1 Å². The Labute approximate surface area is 76.2 Å². The molecule has 70 valence electrons. The van der Waals surface area contributed by atoms with Crippen LogP contribution in [0.3, 0.4) is 0 Å². The molecule has 0 unspecified atom stereocenters. The third kappa shape index (κ3) is 1.92. The summed E-state index contributed by atoms with van der Waals surface area (Å²) in [6.45, 7) is 0. The first-order valence-corrected chi connectivity index (χ1v) is 3.46. The van der Waals surface area contributed by atoms with Crippen molar-refractivity contribution in [3.63, 3.8) is 0 Å². The third-order valence-electron chi connectivity index (χ3n) is 1.31. The summed E-state index contributed by atoms with van der Waals surface area (Å²) in [4.78, 5) is 0. The van der Waals surface area contributed by atoms with Crippen LogP contribution in [-0.2, 0) is 0 Å². The summed E-state index contributed by atoms with van der Waals surface area (Å²) in [7, 11) is 0. The lowest BCUT2D eigenvalue weighted by molar-refractivity contribution is 0.320. The largest absolute Gasteiger partial charge is 0.410 e. The monoisotopic (exact) mass is 209 g/mol. The maximum atomic E-state index is 12.5. The van der Waals surface area contributed by atoms with Gasteiger partial charge in [0.1, 0.15) is 0 Å². The first-order chi connectivity index (χ1) is 6.06. The van der Waals surface area contributed by atoms with Crippen molar-refractivity contribution >= 4 is 16.8 Å². The molecule has 0 amide bonds. The number of oxime groups is 1. The predicted octanol–water partition coefficient (Wildman–Crippen LogP) is 2.48. The fourth-order valence-electron chi connectivity index (χ4n) is 0.732. The second kappa shape index (κ2) is 3.66. The normalized spacial score (nSPS) is 11.8. The number of hydrogen-bond acceptors (Lipinski definition) is 2. The van der Waals surface area contributed by atoms with Crippen molar-refractivity contribution < 1.29 is 18.4 Å². The smallest absolute Gasteiger partial charge is 0.194 e. The van der Waals surface area contributed by atoms with Crippen LogP contribution >= 0.6 is 11.6 Å². The van der Waals surface area contributed by atoms with Gasteiger partial charge >= 0.3 is 0 Å². The van der Waals surface area contributed by atoms with Crippen molar-refractivity contribution in [1.82, 2.24) is 0 Å². The van der Waals surface area contributed by atoms with E-state index in [1.807, 2.05) is 0 Å². The quantitative estimate of drug-likeness (QED) is 0.328. The molecule has 6 heteroatoms. The summed E-state index contributed by atoms with van der Waals surface area (Å²) in [5.74, 6) is -4.38. The van der Waals surface area contributed by atoms with E-state index in [2.05, 4.69) is 5.16 Å². The summed E-state index contributed by atoms with van der Waals surface area (Å²) in [6, 6.07) is 1.25. The standard InChI is InChI=1S/C7H3ClF3NO/c8-7(12-13)3-1-4(9)6(11)5(10)2-3/h1-2,13H/b12-7-. The summed E-state index contributed by atoms with van der Waals surface area (Å²) in [5.41, 5.74) is -0.236. The zero-order valence-electron chi connectivity index (χ0n) is 6.06. The van der Waals surface area contributed by atoms with Gasteiger partial charge in [0.25, 0.3) is 0 Å². The maximum Gasteiger partial charge on any atom is 0.194 e. The van der Waals surface area contributed by atoms with Crippen LogP contribution in [0.1, 0.15) is 5.56 Å². The molecular weight excluding hydrogens is 207 g/mol. The third-order valence-corrected chi connectivity index (χ3v) is 1.60. The van der Waals surface area contributed by atoms with Gasteiger partial charge < -0.3 is 5.21 Å². The van der Waals surface area contributed by atoms with E-state index in [1.54, 1.807) is 0 Å². The first kappa shape index (κ1) is 9.85. The van der Waals surface area contributed by atoms with Gasteiger partial charge in [0.2, 0.25) is 0 Å². The molecule has 1 aromatic carbocycles. The molecule has 13 heavy (non-hydrogen) atoms. The van der Waals surface area contributed by atoms with Gasteiger partial charge in [0.15, 0.2) is 22.6 Å². The van der Waals surface area contributed by atoms with Crippen molar-refractivity contribution in [2.24, 2.45) is 5.16 Å². The van der Waals surface area contributed by atoms with E-state index in [0.717, 1.165) is 0 Å². The van der Waals surface area contributed by atoms with E-state index >= 15 is 0 Å². The Kier molecular flexibility index (Phi) is 2.77. The second-order valence-corrected chi connectivity index (χ2v) is 2.50. The average molecular weight is 210 g/mol. The zero-order valence-corrected chi connectivity index (χ0v) is 6.82. The van der Waals surface area contributed by atoms with E-state index in [-0.39, 0.29) is 5.56 Å². The van der Waals surface area contributed by atoms with E-state index in [4.69, 9.17) is 16.8 Å². The summed E-state index contributed by atoms with van der Waals surface area (Å²) in [5, 5.41) is 10.1. The molecule has 0 heterocycles. The van der Waals surface area contributed by atoms with Crippen LogP contribution in [0.4, 0.5) is 13.2 Å². The molecule has 0 fully saturated rings. The van der Waals surface area contributed by atoms with Gasteiger partial charge in [-0.25, -0.2) is 13.2 Å². The molecule has 0 aliphatic carbocycles. The van der Waals surface area contributed by atoms with Crippen LogP contribution in [0.25, 0.3) is 0 Å². The molecule has 2 nitrogen and oxygen atoms in total. The lowest BCUT2D eigenvalue weighted by atomic mass is 10.2. The van der Waals surface area contributed by atoms with Crippen LogP contribution in [0.2, 0.25) is 0 Å². The Morgan fingerprint density at radius 1 is 1.23 bits per heavy atom. The number of benzene rings is 1. The van der Waals surface area contributed by atoms with Gasteiger partial charge in [0, 0.05) is 5.56 Å². The molecule has 0 aromatic heterocycles. The first-order valence-electron chi connectivity index (χ1n) is 3.08. The lowest BCUT2D eigenvalue weighted by Crippen LogP contribution is -1.98. The number of rotatable bonds is 1. The fourth-order valence-corrected chi connectivity index (χ4v) is 0.841. The predicted molar refractivity (Wildman–Crippen MR) is 40.5 cm³/mol. The van der Waals surface area contributed by atoms with Gasteiger partial charge in [-0.1, -0.05) is 16.8 Å². The van der Waals surface area contributed by atoms with Crippen molar-refractivity contribution in [3.8, 4) is 0 Å². The number of halogens is 4. The van der Waals surface area contributed by atoms with Gasteiger partial charge in [-0.3, -0.25) is 0 Å². The van der Waals surface area contributed by atoms with E-state index in [9.17, 15) is 13.2 Å². The van der Waals surface area contributed by atoms with E-state index < -0.39 is 22.6 Å². The van der Waals surface area contributed by atoms with E-state index in [1.165, 1.54) is 0 Å². The van der Waals surface area contributed by atoms with Crippen molar-refractivity contribution in [1.29, 1.82) is 0 Å². The molecule has 1 rings (SSSR count). The minimum Gasteiger partial charge on any atom is -0.410 e. The molecule has 0 saturated carbocycles. The summed E-state index contributed by atoms with van der Waals surface area (Å²) < 4.78 is 37.4. The minimum absolute atomic E-state index is 0.236.